The van der Waals surface area contributed by atoms with Gasteiger partial charge >= 0.3 is 0 Å². The third-order valence-electron chi connectivity index (χ3n) is 2.66. The van der Waals surface area contributed by atoms with Crippen molar-refractivity contribution >= 4 is 15.7 Å². The second-order valence-corrected chi connectivity index (χ2v) is 7.11. The highest BCUT2D eigenvalue weighted by Gasteiger charge is 2.22. The zero-order chi connectivity index (χ0) is 12.2. The Kier molecular flexibility index (Phi) is 4.77. The molecule has 1 aliphatic carbocycles. The molecule has 5 heteroatoms. The smallest absolute Gasteiger partial charge is 0.235 e. The van der Waals surface area contributed by atoms with Crippen LogP contribution in [0.4, 0.5) is 0 Å². The van der Waals surface area contributed by atoms with E-state index in [1.807, 2.05) is 13.8 Å². The molecule has 0 spiro atoms. The van der Waals surface area contributed by atoms with Gasteiger partial charge in [-0.2, -0.15) is 0 Å². The lowest BCUT2D eigenvalue weighted by Gasteiger charge is -2.12. The molecule has 1 N–H and O–H groups in total. The van der Waals surface area contributed by atoms with Crippen LogP contribution >= 0.6 is 0 Å². The molecule has 0 aromatic heterocycles. The summed E-state index contributed by atoms with van der Waals surface area (Å²) in [5, 5.41) is 2.79. The maximum atomic E-state index is 11.6. The van der Waals surface area contributed by atoms with E-state index in [1.54, 1.807) is 0 Å². The number of nitrogens with one attached hydrogen (secondary N) is 1. The first-order valence-electron chi connectivity index (χ1n) is 5.89. The molecule has 4 nitrogen and oxygen atoms in total. The molecule has 1 aliphatic rings. The lowest BCUT2D eigenvalue weighted by Crippen LogP contribution is -2.37. The minimum atomic E-state index is -3.23. The van der Waals surface area contributed by atoms with Crippen LogP contribution in [0, 0.1) is 5.92 Å². The molecule has 1 rings (SSSR count). The average molecular weight is 247 g/mol. The minimum Gasteiger partial charge on any atom is -0.352 e. The highest BCUT2D eigenvalue weighted by Crippen LogP contribution is 2.17. The SMILES string of the molecule is CC(C)CS(=O)(=O)CC(=O)NC1CCCC1. The predicted molar refractivity (Wildman–Crippen MR) is 63.9 cm³/mol. The number of hydrogen-bond acceptors (Lipinski definition) is 3. The lowest BCUT2D eigenvalue weighted by atomic mass is 10.2. The maximum Gasteiger partial charge on any atom is 0.235 e. The van der Waals surface area contributed by atoms with E-state index in [2.05, 4.69) is 5.32 Å². The molecule has 0 radical (unpaired) electrons. The Hall–Kier alpha value is -0.580. The van der Waals surface area contributed by atoms with Crippen molar-refractivity contribution in [1.29, 1.82) is 0 Å². The van der Waals surface area contributed by atoms with E-state index in [9.17, 15) is 13.2 Å². The average Bonchev–Trinajstić information content (AvgIpc) is 2.51. The Morgan fingerprint density at radius 3 is 2.38 bits per heavy atom. The van der Waals surface area contributed by atoms with Crippen LogP contribution in [0.25, 0.3) is 0 Å². The Morgan fingerprint density at radius 1 is 1.31 bits per heavy atom. The monoisotopic (exact) mass is 247 g/mol. The summed E-state index contributed by atoms with van der Waals surface area (Å²) in [5.74, 6) is -0.538. The summed E-state index contributed by atoms with van der Waals surface area (Å²) in [6, 6.07) is 0.196. The Bertz CT molecular complexity index is 329. The van der Waals surface area contributed by atoms with Gasteiger partial charge in [0, 0.05) is 6.04 Å². The van der Waals surface area contributed by atoms with Gasteiger partial charge in [0.1, 0.15) is 5.75 Å². The number of sulfone groups is 1. The van der Waals surface area contributed by atoms with E-state index >= 15 is 0 Å². The van der Waals surface area contributed by atoms with E-state index in [0.29, 0.717) is 0 Å². The van der Waals surface area contributed by atoms with E-state index in [-0.39, 0.29) is 29.4 Å². The fourth-order valence-electron chi connectivity index (χ4n) is 2.11. The molecule has 0 heterocycles. The van der Waals surface area contributed by atoms with Gasteiger partial charge in [-0.3, -0.25) is 4.79 Å². The van der Waals surface area contributed by atoms with Crippen LogP contribution in [0.3, 0.4) is 0 Å². The third kappa shape index (κ3) is 4.96. The number of hydrogen-bond donors (Lipinski definition) is 1. The Labute approximate surface area is 97.7 Å². The van der Waals surface area contributed by atoms with Crippen molar-refractivity contribution in [2.24, 2.45) is 5.92 Å². The predicted octanol–water partition coefficient (Wildman–Crippen LogP) is 1.12. The normalized spacial score (nSPS) is 17.9. The number of rotatable bonds is 5. The first kappa shape index (κ1) is 13.5. The lowest BCUT2D eigenvalue weighted by molar-refractivity contribution is -0.119. The van der Waals surface area contributed by atoms with E-state index in [4.69, 9.17) is 0 Å². The van der Waals surface area contributed by atoms with Crippen molar-refractivity contribution in [3.8, 4) is 0 Å². The molecule has 0 atom stereocenters. The summed E-state index contributed by atoms with van der Waals surface area (Å²) in [4.78, 5) is 11.5. The second kappa shape index (κ2) is 5.66. The minimum absolute atomic E-state index is 0.0734. The van der Waals surface area contributed by atoms with Gasteiger partial charge in [-0.1, -0.05) is 26.7 Å². The number of amides is 1. The van der Waals surface area contributed by atoms with Crippen LogP contribution in [-0.2, 0) is 14.6 Å². The van der Waals surface area contributed by atoms with Gasteiger partial charge in [-0.25, -0.2) is 8.42 Å². The van der Waals surface area contributed by atoms with Crippen molar-refractivity contribution in [3.05, 3.63) is 0 Å². The van der Waals surface area contributed by atoms with Crippen molar-refractivity contribution in [1.82, 2.24) is 5.32 Å². The highest BCUT2D eigenvalue weighted by molar-refractivity contribution is 7.92. The van der Waals surface area contributed by atoms with Gasteiger partial charge in [0.15, 0.2) is 9.84 Å². The van der Waals surface area contributed by atoms with Crippen LogP contribution < -0.4 is 5.32 Å². The highest BCUT2D eigenvalue weighted by atomic mass is 32.2. The largest absolute Gasteiger partial charge is 0.352 e. The molecular formula is C11H21NO3S. The fraction of sp³-hybridized carbons (Fsp3) is 0.909. The van der Waals surface area contributed by atoms with Crippen LogP contribution in [-0.4, -0.2) is 31.9 Å². The summed E-state index contributed by atoms with van der Waals surface area (Å²) < 4.78 is 23.1. The van der Waals surface area contributed by atoms with Gasteiger partial charge < -0.3 is 5.32 Å². The summed E-state index contributed by atoms with van der Waals surface area (Å²) in [5.41, 5.74) is 0. The molecule has 94 valence electrons. The fourth-order valence-corrected chi connectivity index (χ4v) is 3.72. The summed E-state index contributed by atoms with van der Waals surface area (Å²) >= 11 is 0. The summed E-state index contributed by atoms with van der Waals surface area (Å²) in [6.45, 7) is 3.68. The van der Waals surface area contributed by atoms with Gasteiger partial charge in [0.25, 0.3) is 0 Å². The van der Waals surface area contributed by atoms with Gasteiger partial charge in [-0.15, -0.1) is 0 Å². The third-order valence-corrected chi connectivity index (χ3v) is 4.54. The molecule has 0 aromatic rings. The molecule has 1 saturated carbocycles. The topological polar surface area (TPSA) is 63.2 Å². The van der Waals surface area contributed by atoms with E-state index < -0.39 is 9.84 Å². The quantitative estimate of drug-likeness (QED) is 0.791. The molecular weight excluding hydrogens is 226 g/mol. The van der Waals surface area contributed by atoms with Gasteiger partial charge in [-0.05, 0) is 18.8 Å². The van der Waals surface area contributed by atoms with Gasteiger partial charge in [0.05, 0.1) is 5.75 Å². The summed E-state index contributed by atoms with van der Waals surface area (Å²) in [6.07, 6.45) is 4.22. The molecule has 0 aromatic carbocycles. The van der Waals surface area contributed by atoms with Crippen molar-refractivity contribution in [2.75, 3.05) is 11.5 Å². The number of carbonyl (C=O) groups is 1. The first-order chi connectivity index (χ1) is 7.39. The molecule has 1 amide bonds. The molecule has 0 aliphatic heterocycles. The van der Waals surface area contributed by atoms with E-state index in [0.717, 1.165) is 25.7 Å². The van der Waals surface area contributed by atoms with Crippen LogP contribution in [0.1, 0.15) is 39.5 Å². The Morgan fingerprint density at radius 2 is 1.88 bits per heavy atom. The molecule has 16 heavy (non-hydrogen) atoms. The first-order valence-corrected chi connectivity index (χ1v) is 7.71. The van der Waals surface area contributed by atoms with Crippen molar-refractivity contribution < 1.29 is 13.2 Å². The second-order valence-electron chi connectivity index (χ2n) is 5.00. The van der Waals surface area contributed by atoms with Crippen LogP contribution in [0.15, 0.2) is 0 Å². The van der Waals surface area contributed by atoms with Crippen LogP contribution in [0.2, 0.25) is 0 Å². The zero-order valence-corrected chi connectivity index (χ0v) is 10.8. The number of carbonyl (C=O) groups excluding carboxylic acids is 1. The van der Waals surface area contributed by atoms with E-state index in [1.165, 1.54) is 0 Å². The van der Waals surface area contributed by atoms with Crippen LogP contribution in [0.5, 0.6) is 0 Å². The van der Waals surface area contributed by atoms with Crippen molar-refractivity contribution in [2.45, 2.75) is 45.6 Å². The zero-order valence-electron chi connectivity index (χ0n) is 10.0. The molecule has 0 bridgehead atoms. The van der Waals surface area contributed by atoms with Crippen molar-refractivity contribution in [3.63, 3.8) is 0 Å². The maximum absolute atomic E-state index is 11.6. The molecule has 0 unspecified atom stereocenters. The molecule has 1 fully saturated rings. The Balaban J connectivity index is 2.38. The van der Waals surface area contributed by atoms with Gasteiger partial charge in [0.2, 0.25) is 5.91 Å². The summed E-state index contributed by atoms with van der Waals surface area (Å²) in [7, 11) is -3.23. The standard InChI is InChI=1S/C11H21NO3S/c1-9(2)7-16(14,15)8-11(13)12-10-5-3-4-6-10/h9-10H,3-8H2,1-2H3,(H,12,13). The molecule has 0 saturated heterocycles.